The van der Waals surface area contributed by atoms with E-state index in [9.17, 15) is 4.79 Å². The highest BCUT2D eigenvalue weighted by molar-refractivity contribution is 5.60. The van der Waals surface area contributed by atoms with Gasteiger partial charge in [0.1, 0.15) is 12.2 Å². The monoisotopic (exact) mass is 258 g/mol. The Morgan fingerprint density at radius 2 is 2.00 bits per heavy atom. The fourth-order valence-corrected chi connectivity index (χ4v) is 2.60. The summed E-state index contributed by atoms with van der Waals surface area (Å²) in [7, 11) is 0. The van der Waals surface area contributed by atoms with Crippen molar-refractivity contribution in [1.82, 2.24) is 0 Å². The van der Waals surface area contributed by atoms with Gasteiger partial charge in [-0.15, -0.1) is 0 Å². The molecule has 0 radical (unpaired) electrons. The standard InChI is InChI=1S/C14H26O4/c1-9(2)12-6-5-10(3)7-13(12)18-14(16)17-11(4)8-15/h9-13,15H,5-8H2,1-4H3/t10-,11?,12+,13-/m0/s1. The smallest absolute Gasteiger partial charge is 0.431 e. The van der Waals surface area contributed by atoms with Crippen LogP contribution in [0.25, 0.3) is 0 Å². The number of hydrogen-bond donors (Lipinski definition) is 1. The predicted molar refractivity (Wildman–Crippen MR) is 69.2 cm³/mol. The van der Waals surface area contributed by atoms with Crippen LogP contribution in [-0.2, 0) is 9.47 Å². The van der Waals surface area contributed by atoms with Crippen molar-refractivity contribution in [3.8, 4) is 0 Å². The Morgan fingerprint density at radius 1 is 1.33 bits per heavy atom. The second-order valence-electron chi connectivity index (χ2n) is 5.84. The third-order valence-corrected chi connectivity index (χ3v) is 3.76. The Balaban J connectivity index is 2.52. The van der Waals surface area contributed by atoms with E-state index in [1.807, 2.05) is 0 Å². The maximum atomic E-state index is 11.6. The summed E-state index contributed by atoms with van der Waals surface area (Å²) in [5, 5.41) is 8.84. The minimum Gasteiger partial charge on any atom is -0.431 e. The summed E-state index contributed by atoms with van der Waals surface area (Å²) in [6.07, 6.45) is 2.01. The molecule has 0 aromatic heterocycles. The van der Waals surface area contributed by atoms with E-state index in [2.05, 4.69) is 20.8 Å². The van der Waals surface area contributed by atoms with Crippen LogP contribution in [0.2, 0.25) is 0 Å². The van der Waals surface area contributed by atoms with Crippen molar-refractivity contribution in [2.75, 3.05) is 6.61 Å². The molecule has 0 heterocycles. The van der Waals surface area contributed by atoms with Gasteiger partial charge in [0.2, 0.25) is 0 Å². The van der Waals surface area contributed by atoms with Crippen LogP contribution >= 0.6 is 0 Å². The van der Waals surface area contributed by atoms with E-state index in [1.165, 1.54) is 6.42 Å². The fourth-order valence-electron chi connectivity index (χ4n) is 2.60. The number of ether oxygens (including phenoxy) is 2. The molecule has 1 saturated carbocycles. The summed E-state index contributed by atoms with van der Waals surface area (Å²) < 4.78 is 10.4. The van der Waals surface area contributed by atoms with Crippen molar-refractivity contribution in [3.05, 3.63) is 0 Å². The zero-order valence-electron chi connectivity index (χ0n) is 11.9. The summed E-state index contributed by atoms with van der Waals surface area (Å²) in [4.78, 5) is 11.6. The van der Waals surface area contributed by atoms with Gasteiger partial charge >= 0.3 is 6.16 Å². The second-order valence-corrected chi connectivity index (χ2v) is 5.84. The lowest BCUT2D eigenvalue weighted by atomic mass is 9.75. The molecule has 18 heavy (non-hydrogen) atoms. The third kappa shape index (κ3) is 4.48. The molecule has 0 aromatic carbocycles. The van der Waals surface area contributed by atoms with Gasteiger partial charge in [-0.3, -0.25) is 0 Å². The average molecular weight is 258 g/mol. The van der Waals surface area contributed by atoms with Gasteiger partial charge in [-0.05, 0) is 37.5 Å². The lowest BCUT2D eigenvalue weighted by Gasteiger charge is -2.36. The van der Waals surface area contributed by atoms with Gasteiger partial charge in [0.15, 0.2) is 0 Å². The Kier molecular flexibility index (Phi) is 5.93. The Hall–Kier alpha value is -0.770. The second kappa shape index (κ2) is 6.98. The van der Waals surface area contributed by atoms with Crippen LogP contribution in [-0.4, -0.2) is 30.1 Å². The molecule has 1 unspecified atom stereocenters. The highest BCUT2D eigenvalue weighted by atomic mass is 16.7. The van der Waals surface area contributed by atoms with Crippen LogP contribution in [0.5, 0.6) is 0 Å². The average Bonchev–Trinajstić information content (AvgIpc) is 2.28. The zero-order valence-corrected chi connectivity index (χ0v) is 11.9. The maximum absolute atomic E-state index is 11.6. The molecule has 1 rings (SSSR count). The van der Waals surface area contributed by atoms with E-state index >= 15 is 0 Å². The molecule has 1 fully saturated rings. The molecule has 0 aliphatic heterocycles. The van der Waals surface area contributed by atoms with Gasteiger partial charge in [0, 0.05) is 0 Å². The Bertz CT molecular complexity index is 265. The van der Waals surface area contributed by atoms with E-state index in [-0.39, 0.29) is 12.7 Å². The molecular formula is C14H26O4. The Labute approximate surface area is 110 Å². The van der Waals surface area contributed by atoms with Crippen molar-refractivity contribution in [2.45, 2.75) is 59.2 Å². The first-order valence-corrected chi connectivity index (χ1v) is 6.92. The summed E-state index contributed by atoms with van der Waals surface area (Å²) in [6, 6.07) is 0. The zero-order chi connectivity index (χ0) is 13.7. The van der Waals surface area contributed by atoms with Gasteiger partial charge in [0.05, 0.1) is 6.61 Å². The van der Waals surface area contributed by atoms with Gasteiger partial charge < -0.3 is 14.6 Å². The fraction of sp³-hybridized carbons (Fsp3) is 0.929. The number of aliphatic hydroxyl groups is 1. The largest absolute Gasteiger partial charge is 0.508 e. The molecule has 4 heteroatoms. The summed E-state index contributed by atoms with van der Waals surface area (Å²) in [5.74, 6) is 1.51. The van der Waals surface area contributed by atoms with Crippen LogP contribution < -0.4 is 0 Å². The normalized spacial score (nSPS) is 30.0. The molecule has 1 N–H and O–H groups in total. The highest BCUT2D eigenvalue weighted by Gasteiger charge is 2.34. The minimum absolute atomic E-state index is 0.0489. The van der Waals surface area contributed by atoms with E-state index in [4.69, 9.17) is 14.6 Å². The number of rotatable bonds is 4. The van der Waals surface area contributed by atoms with Crippen molar-refractivity contribution in [1.29, 1.82) is 0 Å². The number of hydrogen-bond acceptors (Lipinski definition) is 4. The van der Waals surface area contributed by atoms with Gasteiger partial charge in [-0.1, -0.05) is 27.2 Å². The van der Waals surface area contributed by atoms with Crippen molar-refractivity contribution < 1.29 is 19.4 Å². The van der Waals surface area contributed by atoms with E-state index in [0.29, 0.717) is 17.8 Å². The number of aliphatic hydroxyl groups excluding tert-OH is 1. The molecule has 0 spiro atoms. The number of carbonyl (C=O) groups excluding carboxylic acids is 1. The molecule has 0 amide bonds. The van der Waals surface area contributed by atoms with Crippen molar-refractivity contribution in [3.63, 3.8) is 0 Å². The van der Waals surface area contributed by atoms with Crippen LogP contribution in [0.1, 0.15) is 47.0 Å². The van der Waals surface area contributed by atoms with Crippen LogP contribution in [0, 0.1) is 17.8 Å². The first-order valence-electron chi connectivity index (χ1n) is 6.92. The molecule has 1 aliphatic rings. The molecule has 4 atom stereocenters. The lowest BCUT2D eigenvalue weighted by Crippen LogP contribution is -2.36. The molecule has 0 bridgehead atoms. The van der Waals surface area contributed by atoms with Crippen LogP contribution in [0.4, 0.5) is 4.79 Å². The first-order chi connectivity index (χ1) is 8.43. The third-order valence-electron chi connectivity index (χ3n) is 3.76. The molecule has 1 aliphatic carbocycles. The minimum atomic E-state index is -0.652. The molecule has 4 nitrogen and oxygen atoms in total. The first kappa shape index (κ1) is 15.3. The van der Waals surface area contributed by atoms with E-state index in [1.54, 1.807) is 6.92 Å². The summed E-state index contributed by atoms with van der Waals surface area (Å²) >= 11 is 0. The van der Waals surface area contributed by atoms with Gasteiger partial charge in [-0.25, -0.2) is 4.79 Å². The molecular weight excluding hydrogens is 232 g/mol. The van der Waals surface area contributed by atoms with Gasteiger partial charge in [0.25, 0.3) is 0 Å². The van der Waals surface area contributed by atoms with Crippen LogP contribution in [0.3, 0.4) is 0 Å². The molecule has 106 valence electrons. The van der Waals surface area contributed by atoms with Crippen molar-refractivity contribution in [2.24, 2.45) is 17.8 Å². The van der Waals surface area contributed by atoms with Crippen molar-refractivity contribution >= 4 is 6.16 Å². The maximum Gasteiger partial charge on any atom is 0.508 e. The topological polar surface area (TPSA) is 55.8 Å². The molecule has 0 saturated heterocycles. The summed E-state index contributed by atoms with van der Waals surface area (Å²) in [5.41, 5.74) is 0. The molecule has 0 aromatic rings. The van der Waals surface area contributed by atoms with Gasteiger partial charge in [-0.2, -0.15) is 0 Å². The van der Waals surface area contributed by atoms with Crippen LogP contribution in [0.15, 0.2) is 0 Å². The van der Waals surface area contributed by atoms with E-state index < -0.39 is 12.3 Å². The SMILES string of the molecule is CC(CO)OC(=O)O[C@H]1C[C@@H](C)CC[C@@H]1C(C)C. The number of carbonyl (C=O) groups is 1. The summed E-state index contributed by atoms with van der Waals surface area (Å²) in [6.45, 7) is 7.99. The lowest BCUT2D eigenvalue weighted by molar-refractivity contribution is -0.0495. The van der Waals surface area contributed by atoms with E-state index in [0.717, 1.165) is 12.8 Å². The quantitative estimate of drug-likeness (QED) is 0.788. The predicted octanol–water partition coefficient (Wildman–Crippen LogP) is 2.98. The Morgan fingerprint density at radius 3 is 2.56 bits per heavy atom. The highest BCUT2D eigenvalue weighted by Crippen LogP contribution is 2.35.